The van der Waals surface area contributed by atoms with Crippen molar-refractivity contribution in [3.8, 4) is 0 Å². The Labute approximate surface area is 107 Å². The number of nitrogens with zero attached hydrogens (tertiary/aromatic N) is 1. The Morgan fingerprint density at radius 3 is 2.81 bits per heavy atom. The predicted molar refractivity (Wildman–Crippen MR) is 72.4 cm³/mol. The van der Waals surface area contributed by atoms with E-state index in [1.54, 1.807) is 0 Å². The van der Waals surface area contributed by atoms with Gasteiger partial charge in [0.2, 0.25) is 0 Å². The number of rotatable bonds is 2. The maximum Gasteiger partial charge on any atom is 0.0247 e. The SMILES string of the molecule is CC1CCCN(Cc2ccccc2Br)C1C. The van der Waals surface area contributed by atoms with Gasteiger partial charge in [0.15, 0.2) is 0 Å². The molecule has 2 unspecified atom stereocenters. The molecule has 0 aromatic heterocycles. The van der Waals surface area contributed by atoms with Crippen molar-refractivity contribution < 1.29 is 0 Å². The summed E-state index contributed by atoms with van der Waals surface area (Å²) in [6, 6.07) is 9.26. The summed E-state index contributed by atoms with van der Waals surface area (Å²) in [6.45, 7) is 7.05. The highest BCUT2D eigenvalue weighted by atomic mass is 79.9. The van der Waals surface area contributed by atoms with Crippen LogP contribution in [0.25, 0.3) is 0 Å². The fraction of sp³-hybridized carbons (Fsp3) is 0.571. The third-order valence-corrected chi connectivity index (χ3v) is 4.61. The van der Waals surface area contributed by atoms with Gasteiger partial charge in [-0.25, -0.2) is 0 Å². The smallest absolute Gasteiger partial charge is 0.0247 e. The van der Waals surface area contributed by atoms with Gasteiger partial charge < -0.3 is 0 Å². The summed E-state index contributed by atoms with van der Waals surface area (Å²) in [5, 5.41) is 0. The van der Waals surface area contributed by atoms with Gasteiger partial charge >= 0.3 is 0 Å². The lowest BCUT2D eigenvalue weighted by Gasteiger charge is -2.38. The molecule has 2 heteroatoms. The van der Waals surface area contributed by atoms with Gasteiger partial charge in [-0.15, -0.1) is 0 Å². The average molecular weight is 282 g/mol. The van der Waals surface area contributed by atoms with Crippen LogP contribution in [0.5, 0.6) is 0 Å². The van der Waals surface area contributed by atoms with Crippen molar-refractivity contribution in [3.63, 3.8) is 0 Å². The number of hydrogen-bond acceptors (Lipinski definition) is 1. The highest BCUT2D eigenvalue weighted by molar-refractivity contribution is 9.10. The zero-order valence-corrected chi connectivity index (χ0v) is 11.7. The minimum atomic E-state index is 0.709. The van der Waals surface area contributed by atoms with Crippen molar-refractivity contribution in [2.75, 3.05) is 6.54 Å². The van der Waals surface area contributed by atoms with Crippen molar-refractivity contribution in [1.82, 2.24) is 4.90 Å². The van der Waals surface area contributed by atoms with Gasteiger partial charge in [0.05, 0.1) is 0 Å². The number of hydrogen-bond donors (Lipinski definition) is 0. The van der Waals surface area contributed by atoms with Crippen LogP contribution < -0.4 is 0 Å². The topological polar surface area (TPSA) is 3.24 Å². The molecule has 1 saturated heterocycles. The summed E-state index contributed by atoms with van der Waals surface area (Å²) in [5.74, 6) is 0.830. The maximum atomic E-state index is 3.63. The van der Waals surface area contributed by atoms with Crippen LogP contribution in [0.15, 0.2) is 28.7 Å². The van der Waals surface area contributed by atoms with Gasteiger partial charge in [0.1, 0.15) is 0 Å². The van der Waals surface area contributed by atoms with Crippen molar-refractivity contribution in [2.24, 2.45) is 5.92 Å². The molecule has 1 aromatic rings. The Balaban J connectivity index is 2.06. The molecule has 1 aliphatic heterocycles. The van der Waals surface area contributed by atoms with Crippen molar-refractivity contribution >= 4 is 15.9 Å². The molecule has 0 aliphatic carbocycles. The van der Waals surface area contributed by atoms with Crippen molar-refractivity contribution in [2.45, 2.75) is 39.3 Å². The Morgan fingerprint density at radius 1 is 1.31 bits per heavy atom. The molecule has 0 saturated carbocycles. The highest BCUT2D eigenvalue weighted by Gasteiger charge is 2.24. The fourth-order valence-electron chi connectivity index (χ4n) is 2.49. The normalized spacial score (nSPS) is 26.9. The highest BCUT2D eigenvalue weighted by Crippen LogP contribution is 2.26. The van der Waals surface area contributed by atoms with Gasteiger partial charge in [-0.2, -0.15) is 0 Å². The summed E-state index contributed by atoms with van der Waals surface area (Å²) in [7, 11) is 0. The molecular weight excluding hydrogens is 262 g/mol. The molecule has 1 aliphatic rings. The zero-order chi connectivity index (χ0) is 11.5. The molecule has 1 heterocycles. The van der Waals surface area contributed by atoms with Crippen molar-refractivity contribution in [1.29, 1.82) is 0 Å². The minimum Gasteiger partial charge on any atom is -0.296 e. The Morgan fingerprint density at radius 2 is 2.06 bits per heavy atom. The van der Waals surface area contributed by atoms with Crippen LogP contribution >= 0.6 is 15.9 Å². The molecule has 0 bridgehead atoms. The van der Waals surface area contributed by atoms with E-state index < -0.39 is 0 Å². The first-order valence-electron chi connectivity index (χ1n) is 6.16. The van der Waals surface area contributed by atoms with Crippen LogP contribution in [0.4, 0.5) is 0 Å². The standard InChI is InChI=1S/C14H20BrN/c1-11-6-5-9-16(12(11)2)10-13-7-3-4-8-14(13)15/h3-4,7-8,11-12H,5-6,9-10H2,1-2H3. The quantitative estimate of drug-likeness (QED) is 0.790. The van der Waals surface area contributed by atoms with E-state index in [0.29, 0.717) is 6.04 Å². The molecular formula is C14H20BrN. The van der Waals surface area contributed by atoms with E-state index in [1.165, 1.54) is 29.4 Å². The molecule has 0 radical (unpaired) electrons. The van der Waals surface area contributed by atoms with E-state index in [4.69, 9.17) is 0 Å². The lowest BCUT2D eigenvalue weighted by molar-refractivity contribution is 0.106. The first-order valence-corrected chi connectivity index (χ1v) is 6.95. The maximum absolute atomic E-state index is 3.63. The third kappa shape index (κ3) is 2.67. The van der Waals surface area contributed by atoms with Crippen LogP contribution in [0, 0.1) is 5.92 Å². The van der Waals surface area contributed by atoms with E-state index in [0.717, 1.165) is 12.5 Å². The van der Waals surface area contributed by atoms with E-state index in [1.807, 2.05) is 0 Å². The third-order valence-electron chi connectivity index (χ3n) is 3.84. The lowest BCUT2D eigenvalue weighted by Crippen LogP contribution is -2.41. The lowest BCUT2D eigenvalue weighted by atomic mass is 9.92. The van der Waals surface area contributed by atoms with Gasteiger partial charge in [-0.3, -0.25) is 4.90 Å². The minimum absolute atomic E-state index is 0.709. The second-order valence-electron chi connectivity index (χ2n) is 4.92. The van der Waals surface area contributed by atoms with E-state index >= 15 is 0 Å². The zero-order valence-electron chi connectivity index (χ0n) is 10.1. The van der Waals surface area contributed by atoms with Crippen LogP contribution in [0.3, 0.4) is 0 Å². The van der Waals surface area contributed by atoms with Crippen LogP contribution in [0.1, 0.15) is 32.3 Å². The molecule has 2 atom stereocenters. The van der Waals surface area contributed by atoms with Crippen LogP contribution in [-0.4, -0.2) is 17.5 Å². The van der Waals surface area contributed by atoms with E-state index in [-0.39, 0.29) is 0 Å². The molecule has 1 nitrogen and oxygen atoms in total. The number of halogens is 1. The van der Waals surface area contributed by atoms with Gasteiger partial charge in [-0.1, -0.05) is 41.1 Å². The van der Waals surface area contributed by atoms with E-state index in [9.17, 15) is 0 Å². The summed E-state index contributed by atoms with van der Waals surface area (Å²) >= 11 is 3.63. The second-order valence-corrected chi connectivity index (χ2v) is 5.78. The molecule has 0 N–H and O–H groups in total. The van der Waals surface area contributed by atoms with Crippen LogP contribution in [-0.2, 0) is 6.54 Å². The average Bonchev–Trinajstić information content (AvgIpc) is 2.28. The summed E-state index contributed by atoms with van der Waals surface area (Å²) in [4.78, 5) is 2.61. The fourth-order valence-corrected chi connectivity index (χ4v) is 2.90. The van der Waals surface area contributed by atoms with Crippen LogP contribution in [0.2, 0.25) is 0 Å². The molecule has 0 spiro atoms. The Kier molecular flexibility index (Phi) is 4.04. The van der Waals surface area contributed by atoms with Gasteiger partial charge in [0, 0.05) is 17.1 Å². The van der Waals surface area contributed by atoms with Gasteiger partial charge in [-0.05, 0) is 43.9 Å². The monoisotopic (exact) mass is 281 g/mol. The second kappa shape index (κ2) is 5.33. The van der Waals surface area contributed by atoms with Crippen molar-refractivity contribution in [3.05, 3.63) is 34.3 Å². The first-order chi connectivity index (χ1) is 7.68. The molecule has 1 fully saturated rings. The summed E-state index contributed by atoms with van der Waals surface area (Å²) < 4.78 is 1.24. The Bertz CT molecular complexity index is 350. The molecule has 16 heavy (non-hydrogen) atoms. The number of piperidine rings is 1. The summed E-state index contributed by atoms with van der Waals surface area (Å²) in [5.41, 5.74) is 1.41. The van der Waals surface area contributed by atoms with E-state index in [2.05, 4.69) is 58.9 Å². The Hall–Kier alpha value is -0.340. The molecule has 2 rings (SSSR count). The number of benzene rings is 1. The largest absolute Gasteiger partial charge is 0.296 e. The molecule has 88 valence electrons. The first kappa shape index (κ1) is 12.1. The predicted octanol–water partition coefficient (Wildman–Crippen LogP) is 4.07. The summed E-state index contributed by atoms with van der Waals surface area (Å²) in [6.07, 6.45) is 2.73. The van der Waals surface area contributed by atoms with Gasteiger partial charge in [0.25, 0.3) is 0 Å². The molecule has 0 amide bonds. The molecule has 1 aromatic carbocycles. The number of likely N-dealkylation sites (tertiary alicyclic amines) is 1.